The first-order valence-electron chi connectivity index (χ1n) is 3.98. The lowest BCUT2D eigenvalue weighted by atomic mass is 10.1. The summed E-state index contributed by atoms with van der Waals surface area (Å²) >= 11 is 0. The molecule has 0 radical (unpaired) electrons. The number of carbonyl (C=O) groups excluding carboxylic acids is 1. The molecule has 0 unspecified atom stereocenters. The zero-order valence-corrected chi connectivity index (χ0v) is 8.74. The lowest BCUT2D eigenvalue weighted by Gasteiger charge is -2.06. The van der Waals surface area contributed by atoms with Gasteiger partial charge in [-0.05, 0) is 13.0 Å². The summed E-state index contributed by atoms with van der Waals surface area (Å²) < 4.78 is 30.2. The maximum atomic E-state index is 13.1. The van der Waals surface area contributed by atoms with E-state index in [2.05, 4.69) is 4.74 Å². The molecule has 0 bridgehead atoms. The number of nitrogen functional groups attached to an aromatic ring is 1. The molecule has 0 atom stereocenters. The molecule has 0 aliphatic rings. The Kier molecular flexibility index (Phi) is 5.00. The minimum Gasteiger partial charge on any atom is -0.462 e. The van der Waals surface area contributed by atoms with Crippen molar-refractivity contribution in [2.45, 2.75) is 6.92 Å². The van der Waals surface area contributed by atoms with Crippen LogP contribution in [0.3, 0.4) is 0 Å². The standard InChI is InChI=1S/C9H9F2NO2.ClH/c1-2-14-9(13)8-6(11)3-5(10)4-7(8)12;/h3-4H,2,12H2,1H3;1H. The summed E-state index contributed by atoms with van der Waals surface area (Å²) in [5.41, 5.74) is 4.59. The van der Waals surface area contributed by atoms with E-state index in [1.54, 1.807) is 6.92 Å². The van der Waals surface area contributed by atoms with Gasteiger partial charge < -0.3 is 10.5 Å². The van der Waals surface area contributed by atoms with Gasteiger partial charge in [0.1, 0.15) is 17.2 Å². The summed E-state index contributed by atoms with van der Waals surface area (Å²) in [6.07, 6.45) is 0. The van der Waals surface area contributed by atoms with E-state index in [9.17, 15) is 13.6 Å². The van der Waals surface area contributed by atoms with E-state index < -0.39 is 23.2 Å². The van der Waals surface area contributed by atoms with E-state index in [0.29, 0.717) is 6.07 Å². The Bertz CT molecular complexity index is 348. The average molecular weight is 238 g/mol. The first kappa shape index (κ1) is 13.6. The first-order valence-corrected chi connectivity index (χ1v) is 3.98. The number of rotatable bonds is 2. The molecule has 0 spiro atoms. The predicted octanol–water partition coefficient (Wildman–Crippen LogP) is 2.15. The fourth-order valence-electron chi connectivity index (χ4n) is 1.01. The average Bonchev–Trinajstić information content (AvgIpc) is 2.01. The maximum Gasteiger partial charge on any atom is 0.343 e. The number of nitrogens with two attached hydrogens (primary N) is 1. The molecule has 0 aromatic heterocycles. The van der Waals surface area contributed by atoms with Crippen LogP contribution < -0.4 is 5.73 Å². The first-order chi connectivity index (χ1) is 6.56. The van der Waals surface area contributed by atoms with Crippen molar-refractivity contribution in [1.82, 2.24) is 0 Å². The Balaban J connectivity index is 0.00000196. The molecule has 3 nitrogen and oxygen atoms in total. The number of benzene rings is 1. The summed E-state index contributed by atoms with van der Waals surface area (Å²) in [7, 11) is 0. The zero-order valence-electron chi connectivity index (χ0n) is 7.92. The van der Waals surface area contributed by atoms with E-state index >= 15 is 0 Å². The van der Waals surface area contributed by atoms with Gasteiger partial charge in [0.05, 0.1) is 12.3 Å². The maximum absolute atomic E-state index is 13.1. The molecule has 1 aromatic carbocycles. The highest BCUT2D eigenvalue weighted by atomic mass is 35.5. The molecule has 0 amide bonds. The van der Waals surface area contributed by atoms with Crippen LogP contribution in [-0.2, 0) is 4.74 Å². The predicted molar refractivity (Wildman–Crippen MR) is 54.0 cm³/mol. The minimum absolute atomic E-state index is 0. The number of halogens is 3. The van der Waals surface area contributed by atoms with Gasteiger partial charge in [-0.15, -0.1) is 12.4 Å². The van der Waals surface area contributed by atoms with Crippen LogP contribution in [-0.4, -0.2) is 12.6 Å². The highest BCUT2D eigenvalue weighted by Gasteiger charge is 2.17. The van der Waals surface area contributed by atoms with Crippen molar-refractivity contribution in [1.29, 1.82) is 0 Å². The van der Waals surface area contributed by atoms with Crippen molar-refractivity contribution in [3.05, 3.63) is 29.3 Å². The smallest absolute Gasteiger partial charge is 0.343 e. The molecule has 0 aliphatic heterocycles. The van der Waals surface area contributed by atoms with E-state index in [-0.39, 0.29) is 24.7 Å². The molecule has 6 heteroatoms. The van der Waals surface area contributed by atoms with Crippen molar-refractivity contribution in [3.63, 3.8) is 0 Å². The molecular weight excluding hydrogens is 228 g/mol. The van der Waals surface area contributed by atoms with Gasteiger partial charge in [0.2, 0.25) is 0 Å². The number of anilines is 1. The summed E-state index contributed by atoms with van der Waals surface area (Å²) in [6, 6.07) is 1.46. The van der Waals surface area contributed by atoms with Gasteiger partial charge in [-0.25, -0.2) is 13.6 Å². The third kappa shape index (κ3) is 3.06. The number of hydrogen-bond donors (Lipinski definition) is 1. The second kappa shape index (κ2) is 5.50. The quantitative estimate of drug-likeness (QED) is 0.633. The molecule has 84 valence electrons. The largest absolute Gasteiger partial charge is 0.462 e. The summed E-state index contributed by atoms with van der Waals surface area (Å²) in [5.74, 6) is -2.73. The molecular formula is C9H10ClF2NO2. The van der Waals surface area contributed by atoms with Gasteiger partial charge in [0.15, 0.2) is 0 Å². The Morgan fingerprint density at radius 1 is 1.47 bits per heavy atom. The van der Waals surface area contributed by atoms with E-state index in [0.717, 1.165) is 6.07 Å². The fourth-order valence-corrected chi connectivity index (χ4v) is 1.01. The summed E-state index contributed by atoms with van der Waals surface area (Å²) in [4.78, 5) is 11.1. The van der Waals surface area contributed by atoms with Gasteiger partial charge in [0, 0.05) is 6.07 Å². The number of carbonyl (C=O) groups is 1. The second-order valence-corrected chi connectivity index (χ2v) is 2.57. The number of esters is 1. The number of ether oxygens (including phenoxy) is 1. The van der Waals surface area contributed by atoms with Crippen molar-refractivity contribution in [2.24, 2.45) is 0 Å². The van der Waals surface area contributed by atoms with Crippen LogP contribution in [0.5, 0.6) is 0 Å². The van der Waals surface area contributed by atoms with Crippen molar-refractivity contribution in [3.8, 4) is 0 Å². The van der Waals surface area contributed by atoms with E-state index in [1.165, 1.54) is 0 Å². The van der Waals surface area contributed by atoms with Crippen molar-refractivity contribution >= 4 is 24.1 Å². The molecule has 0 fully saturated rings. The number of hydrogen-bond acceptors (Lipinski definition) is 3. The van der Waals surface area contributed by atoms with Crippen LogP contribution in [0, 0.1) is 11.6 Å². The Hall–Kier alpha value is -1.36. The molecule has 0 saturated carbocycles. The third-order valence-electron chi connectivity index (χ3n) is 1.57. The highest BCUT2D eigenvalue weighted by molar-refractivity contribution is 5.95. The van der Waals surface area contributed by atoms with E-state index in [1.807, 2.05) is 0 Å². The van der Waals surface area contributed by atoms with Gasteiger partial charge in [-0.1, -0.05) is 0 Å². The second-order valence-electron chi connectivity index (χ2n) is 2.57. The molecule has 0 heterocycles. The van der Waals surface area contributed by atoms with Crippen LogP contribution in [0.2, 0.25) is 0 Å². The highest BCUT2D eigenvalue weighted by Crippen LogP contribution is 2.18. The van der Waals surface area contributed by atoms with E-state index in [4.69, 9.17) is 5.73 Å². The normalized spacial score (nSPS) is 9.27. The SMILES string of the molecule is CCOC(=O)c1c(N)cc(F)cc1F.Cl. The lowest BCUT2D eigenvalue weighted by molar-refractivity contribution is 0.0522. The summed E-state index contributed by atoms with van der Waals surface area (Å²) in [5, 5.41) is 0. The van der Waals surface area contributed by atoms with Gasteiger partial charge >= 0.3 is 5.97 Å². The van der Waals surface area contributed by atoms with Crippen LogP contribution >= 0.6 is 12.4 Å². The van der Waals surface area contributed by atoms with Crippen LogP contribution in [0.15, 0.2) is 12.1 Å². The molecule has 2 N–H and O–H groups in total. The van der Waals surface area contributed by atoms with Crippen molar-refractivity contribution < 1.29 is 18.3 Å². The van der Waals surface area contributed by atoms with Gasteiger partial charge in [-0.3, -0.25) is 0 Å². The Labute approximate surface area is 91.6 Å². The van der Waals surface area contributed by atoms with Crippen LogP contribution in [0.4, 0.5) is 14.5 Å². The lowest BCUT2D eigenvalue weighted by Crippen LogP contribution is -2.11. The zero-order chi connectivity index (χ0) is 10.7. The minimum atomic E-state index is -1.01. The van der Waals surface area contributed by atoms with Crippen LogP contribution in [0.1, 0.15) is 17.3 Å². The molecule has 1 aromatic rings. The van der Waals surface area contributed by atoms with Crippen LogP contribution in [0.25, 0.3) is 0 Å². The fraction of sp³-hybridized carbons (Fsp3) is 0.222. The Morgan fingerprint density at radius 3 is 2.53 bits per heavy atom. The monoisotopic (exact) mass is 237 g/mol. The summed E-state index contributed by atoms with van der Waals surface area (Å²) in [6.45, 7) is 1.69. The molecule has 1 rings (SSSR count). The molecule has 0 saturated heterocycles. The molecule has 0 aliphatic carbocycles. The third-order valence-corrected chi connectivity index (χ3v) is 1.57. The van der Waals surface area contributed by atoms with Crippen molar-refractivity contribution in [2.75, 3.05) is 12.3 Å². The Morgan fingerprint density at radius 2 is 2.07 bits per heavy atom. The van der Waals surface area contributed by atoms with Gasteiger partial charge in [-0.2, -0.15) is 0 Å². The topological polar surface area (TPSA) is 52.3 Å². The molecule has 15 heavy (non-hydrogen) atoms. The van der Waals surface area contributed by atoms with Gasteiger partial charge in [0.25, 0.3) is 0 Å².